The van der Waals surface area contributed by atoms with Crippen molar-refractivity contribution in [1.29, 1.82) is 0 Å². The number of nitrogens with zero attached hydrogens (tertiary/aromatic N) is 8. The van der Waals surface area contributed by atoms with E-state index in [4.69, 9.17) is 37.4 Å². The molecule has 0 spiro atoms. The number of carbonyl (C=O) groups excluding carboxylic acids is 1. The molecule has 0 fully saturated rings. The number of aromatic carboxylic acids is 1. The number of carboxylic acids is 1. The molecule has 0 atom stereocenters. The summed E-state index contributed by atoms with van der Waals surface area (Å²) < 4.78 is 18.4. The number of halogens is 2. The van der Waals surface area contributed by atoms with Gasteiger partial charge in [0.1, 0.15) is 0 Å². The molecule has 6 aromatic heterocycles. The number of carboxylic acid groups (broad SMARTS) is 1. The van der Waals surface area contributed by atoms with Gasteiger partial charge >= 0.3 is 30.8 Å². The van der Waals surface area contributed by atoms with Gasteiger partial charge in [-0.15, -0.1) is 0 Å². The molecule has 0 saturated heterocycles. The second-order valence-corrected chi connectivity index (χ2v) is 12.5. The Balaban J connectivity index is 0.000000236. The largest absolute Gasteiger partial charge is 1.00 e. The van der Waals surface area contributed by atoms with Crippen molar-refractivity contribution < 1.29 is 53.2 Å². The van der Waals surface area contributed by atoms with Crippen molar-refractivity contribution in [3.63, 3.8) is 0 Å². The fraction of sp³-hybridized carbons (Fsp3) is 0.158. The molecule has 2 aromatic carbocycles. The van der Waals surface area contributed by atoms with E-state index in [1.165, 1.54) is 21.3 Å². The molecule has 0 aliphatic carbocycles. The van der Waals surface area contributed by atoms with Crippen LogP contribution in [0, 0.1) is 0 Å². The number of pyridine rings is 4. The third-order valence-electron chi connectivity index (χ3n) is 8.31. The zero-order valence-corrected chi connectivity index (χ0v) is 31.3. The summed E-state index contributed by atoms with van der Waals surface area (Å²) in [5, 5.41) is 22.2. The predicted octanol–water partition coefficient (Wildman–Crippen LogP) is 4.33. The average molecular weight is 792 g/mol. The molecule has 0 bridgehead atoms. The number of rotatable bonds is 8. The molecular formula is C38H33Cl2LiN8O7. The monoisotopic (exact) mass is 790 g/mol. The van der Waals surface area contributed by atoms with E-state index in [9.17, 15) is 14.7 Å². The third-order valence-corrected chi connectivity index (χ3v) is 8.73. The molecule has 0 amide bonds. The quantitative estimate of drug-likeness (QED) is 0.169. The molecule has 282 valence electrons. The van der Waals surface area contributed by atoms with Crippen molar-refractivity contribution in [3.05, 3.63) is 118 Å². The number of benzene rings is 2. The number of ether oxygens (including phenoxy) is 3. The fourth-order valence-electron chi connectivity index (χ4n) is 5.83. The van der Waals surface area contributed by atoms with Crippen molar-refractivity contribution >= 4 is 78.8 Å². The maximum absolute atomic E-state index is 12.1. The van der Waals surface area contributed by atoms with E-state index >= 15 is 0 Å². The summed E-state index contributed by atoms with van der Waals surface area (Å²) in [5.41, 5.74) is 5.14. The topological polar surface area (TPSA) is 199 Å². The number of aromatic nitrogens is 8. The number of esters is 1. The van der Waals surface area contributed by atoms with E-state index < -0.39 is 11.9 Å². The molecule has 18 heteroatoms. The van der Waals surface area contributed by atoms with Crippen LogP contribution in [0.5, 0.6) is 11.8 Å². The SMILES string of the molecule is C.COC(=O)c1nn(Cc2ccc3ncc(Cl)cc3c2)c2cnc(OC)cc12.COc1cc2c(C(=O)O)nn(Cc3ccc4ncc(Cl)cc4c3)c2cn1.[Li+].[OH-]. The number of carbonyl (C=O) groups is 2. The Labute approximate surface area is 341 Å². The summed E-state index contributed by atoms with van der Waals surface area (Å²) in [7, 11) is 4.32. The summed E-state index contributed by atoms with van der Waals surface area (Å²) in [6.45, 7) is 0.837. The van der Waals surface area contributed by atoms with Gasteiger partial charge < -0.3 is 24.8 Å². The zero-order valence-electron chi connectivity index (χ0n) is 29.8. The van der Waals surface area contributed by atoms with Crippen molar-refractivity contribution in [2.24, 2.45) is 0 Å². The standard InChI is InChI=1S/C19H15ClN4O3.C18H13ClN4O3.CH4.Li.H2O/c1-26-17-7-14-16(9-22-17)24(23-18(14)19(25)27-2)10-11-3-4-15-12(5-11)6-13(20)8-21-15;1-26-16-6-13-15(8-21-16)23(22-17(13)18(24)25)9-10-2-3-14-11(4-10)5-12(19)7-20-14;;;/h3-9H,10H2,1-2H3;2-8H,9H2,1H3,(H,24,25);1H4;;1H2/q;;;+1;/p-1. The van der Waals surface area contributed by atoms with E-state index in [1.807, 2.05) is 48.5 Å². The van der Waals surface area contributed by atoms with Gasteiger partial charge in [0.15, 0.2) is 11.4 Å². The summed E-state index contributed by atoms with van der Waals surface area (Å²) in [6.07, 6.45) is 6.41. The van der Waals surface area contributed by atoms with Gasteiger partial charge in [0.05, 0.1) is 78.9 Å². The molecule has 0 aliphatic heterocycles. The second-order valence-electron chi connectivity index (χ2n) is 11.7. The Kier molecular flexibility index (Phi) is 14.0. The van der Waals surface area contributed by atoms with E-state index in [2.05, 4.69) is 30.1 Å². The van der Waals surface area contributed by atoms with Gasteiger partial charge in [-0.1, -0.05) is 42.8 Å². The molecule has 0 unspecified atom stereocenters. The maximum Gasteiger partial charge on any atom is 1.00 e. The maximum atomic E-state index is 12.1. The Morgan fingerprint density at radius 2 is 1.11 bits per heavy atom. The molecule has 2 N–H and O–H groups in total. The van der Waals surface area contributed by atoms with E-state index in [-0.39, 0.29) is 43.2 Å². The molecule has 0 saturated carbocycles. The Hall–Kier alpha value is -5.82. The minimum Gasteiger partial charge on any atom is -0.870 e. The van der Waals surface area contributed by atoms with Crippen LogP contribution < -0.4 is 28.3 Å². The van der Waals surface area contributed by atoms with Crippen molar-refractivity contribution in [2.75, 3.05) is 21.3 Å². The van der Waals surface area contributed by atoms with Crippen LogP contribution in [0.3, 0.4) is 0 Å². The van der Waals surface area contributed by atoms with Crippen LogP contribution in [-0.4, -0.2) is 83.3 Å². The minimum atomic E-state index is -1.10. The predicted molar refractivity (Wildman–Crippen MR) is 207 cm³/mol. The van der Waals surface area contributed by atoms with Gasteiger partial charge in [0, 0.05) is 46.1 Å². The van der Waals surface area contributed by atoms with E-state index in [0.717, 1.165) is 32.9 Å². The summed E-state index contributed by atoms with van der Waals surface area (Å²) in [6, 6.07) is 18.6. The van der Waals surface area contributed by atoms with Crippen molar-refractivity contribution in [2.45, 2.75) is 20.5 Å². The van der Waals surface area contributed by atoms with Crippen molar-refractivity contribution in [1.82, 2.24) is 39.5 Å². The van der Waals surface area contributed by atoms with Crippen LogP contribution in [0.25, 0.3) is 43.6 Å². The van der Waals surface area contributed by atoms with Crippen LogP contribution in [0.2, 0.25) is 10.0 Å². The van der Waals surface area contributed by atoms with E-state index in [1.54, 1.807) is 46.3 Å². The summed E-state index contributed by atoms with van der Waals surface area (Å²) >= 11 is 12.1. The fourth-order valence-corrected chi connectivity index (χ4v) is 6.16. The summed E-state index contributed by atoms with van der Waals surface area (Å²) in [5.74, 6) is -0.873. The number of methoxy groups -OCH3 is 3. The van der Waals surface area contributed by atoms with Gasteiger partial charge in [-0.3, -0.25) is 19.3 Å². The molecular weight excluding hydrogens is 758 g/mol. The molecule has 15 nitrogen and oxygen atoms in total. The smallest absolute Gasteiger partial charge is 0.870 e. The number of hydrogen-bond donors (Lipinski definition) is 1. The van der Waals surface area contributed by atoms with Crippen LogP contribution in [-0.2, 0) is 17.8 Å². The first kappa shape index (κ1) is 42.9. The normalized spacial score (nSPS) is 10.5. The number of hydrogen-bond acceptors (Lipinski definition) is 12. The molecule has 8 rings (SSSR count). The van der Waals surface area contributed by atoms with Gasteiger partial charge in [-0.25, -0.2) is 19.6 Å². The third kappa shape index (κ3) is 8.83. The van der Waals surface area contributed by atoms with Gasteiger partial charge in [0.25, 0.3) is 0 Å². The molecule has 6 heterocycles. The summed E-state index contributed by atoms with van der Waals surface area (Å²) in [4.78, 5) is 40.6. The first-order valence-electron chi connectivity index (χ1n) is 15.8. The van der Waals surface area contributed by atoms with Gasteiger partial charge in [-0.2, -0.15) is 10.2 Å². The van der Waals surface area contributed by atoms with Crippen LogP contribution in [0.4, 0.5) is 0 Å². The Bertz CT molecular complexity index is 2710. The van der Waals surface area contributed by atoms with Crippen LogP contribution >= 0.6 is 23.2 Å². The zero-order chi connectivity index (χ0) is 37.2. The van der Waals surface area contributed by atoms with Crippen LogP contribution in [0.1, 0.15) is 39.5 Å². The molecule has 0 aliphatic rings. The first-order chi connectivity index (χ1) is 25.6. The van der Waals surface area contributed by atoms with E-state index in [0.29, 0.717) is 56.7 Å². The second kappa shape index (κ2) is 18.2. The average Bonchev–Trinajstić information content (AvgIpc) is 3.71. The molecule has 56 heavy (non-hydrogen) atoms. The van der Waals surface area contributed by atoms with Crippen molar-refractivity contribution in [3.8, 4) is 11.8 Å². The Morgan fingerprint density at radius 3 is 1.54 bits per heavy atom. The van der Waals surface area contributed by atoms with Gasteiger partial charge in [-0.05, 0) is 47.5 Å². The molecule has 8 aromatic rings. The number of fused-ring (bicyclic) bond motifs is 4. The molecule has 0 radical (unpaired) electrons. The Morgan fingerprint density at radius 1 is 0.661 bits per heavy atom. The minimum absolute atomic E-state index is 0. The first-order valence-corrected chi connectivity index (χ1v) is 16.6. The van der Waals surface area contributed by atoms with Gasteiger partial charge in [0.2, 0.25) is 11.8 Å². The van der Waals surface area contributed by atoms with Crippen LogP contribution in [0.15, 0.2) is 85.5 Å².